The maximum absolute atomic E-state index is 12.4. The van der Waals surface area contributed by atoms with Crippen LogP contribution in [0.4, 0.5) is 5.69 Å². The van der Waals surface area contributed by atoms with Crippen LogP contribution in [0.3, 0.4) is 0 Å². The number of hydrogen-bond donors (Lipinski definition) is 3. The van der Waals surface area contributed by atoms with E-state index < -0.39 is 11.9 Å². The van der Waals surface area contributed by atoms with Gasteiger partial charge in [-0.2, -0.15) is 5.10 Å². The molecule has 1 heterocycles. The van der Waals surface area contributed by atoms with Gasteiger partial charge in [0.25, 0.3) is 0 Å². The zero-order chi connectivity index (χ0) is 17.4. The van der Waals surface area contributed by atoms with Crippen molar-refractivity contribution in [1.29, 1.82) is 0 Å². The quantitative estimate of drug-likeness (QED) is 0.775. The van der Waals surface area contributed by atoms with Crippen LogP contribution >= 0.6 is 0 Å². The summed E-state index contributed by atoms with van der Waals surface area (Å²) < 4.78 is 0. The minimum Gasteiger partial charge on any atom is -0.481 e. The fraction of sp³-hybridized carbons (Fsp3) is 0.444. The predicted molar refractivity (Wildman–Crippen MR) is 90.9 cm³/mol. The van der Waals surface area contributed by atoms with Crippen molar-refractivity contribution in [2.45, 2.75) is 38.0 Å². The molecule has 4 rings (SSSR count). The average Bonchev–Trinajstić information content (AvgIpc) is 3.13. The molecule has 0 spiro atoms. The van der Waals surface area contributed by atoms with Gasteiger partial charge in [-0.05, 0) is 44.2 Å². The van der Waals surface area contributed by atoms with Crippen LogP contribution in [0, 0.1) is 11.8 Å². The SMILES string of the molecule is O=C(O)[C@@H]1CC[C@H](C(=O)Nc2cccc(-c3n[nH]c(C4CC4)n3)c2)C1. The van der Waals surface area contributed by atoms with Gasteiger partial charge in [0.1, 0.15) is 5.82 Å². The number of aromatic amines is 1. The fourth-order valence-corrected chi connectivity index (χ4v) is 3.37. The number of carboxylic acids is 1. The van der Waals surface area contributed by atoms with Gasteiger partial charge >= 0.3 is 5.97 Å². The highest BCUT2D eigenvalue weighted by Crippen LogP contribution is 2.38. The highest BCUT2D eigenvalue weighted by atomic mass is 16.4. The molecule has 1 aromatic carbocycles. The van der Waals surface area contributed by atoms with E-state index in [0.717, 1.165) is 24.2 Å². The lowest BCUT2D eigenvalue weighted by molar-refractivity contribution is -0.141. The highest BCUT2D eigenvalue weighted by Gasteiger charge is 2.33. The molecule has 0 unspecified atom stereocenters. The van der Waals surface area contributed by atoms with Crippen molar-refractivity contribution in [2.24, 2.45) is 11.8 Å². The van der Waals surface area contributed by atoms with Crippen molar-refractivity contribution in [3.8, 4) is 11.4 Å². The van der Waals surface area contributed by atoms with E-state index in [1.165, 1.54) is 0 Å². The molecule has 2 aromatic rings. The van der Waals surface area contributed by atoms with E-state index in [2.05, 4.69) is 20.5 Å². The van der Waals surface area contributed by atoms with Crippen LogP contribution in [-0.4, -0.2) is 32.2 Å². The first kappa shape index (κ1) is 15.8. The van der Waals surface area contributed by atoms with Crippen LogP contribution in [-0.2, 0) is 9.59 Å². The summed E-state index contributed by atoms with van der Waals surface area (Å²) in [6.07, 6.45) is 3.90. The maximum Gasteiger partial charge on any atom is 0.306 e. The van der Waals surface area contributed by atoms with Crippen LogP contribution < -0.4 is 5.32 Å². The second-order valence-corrected chi connectivity index (χ2v) is 6.93. The molecule has 2 saturated carbocycles. The van der Waals surface area contributed by atoms with E-state index in [-0.39, 0.29) is 11.8 Å². The van der Waals surface area contributed by atoms with E-state index in [1.807, 2.05) is 24.3 Å². The topological polar surface area (TPSA) is 108 Å². The number of benzene rings is 1. The molecule has 1 amide bonds. The van der Waals surface area contributed by atoms with Gasteiger partial charge in [-0.1, -0.05) is 12.1 Å². The summed E-state index contributed by atoms with van der Waals surface area (Å²) in [6.45, 7) is 0. The summed E-state index contributed by atoms with van der Waals surface area (Å²) in [5.74, 6) is 0.488. The number of aliphatic carboxylic acids is 1. The predicted octanol–water partition coefficient (Wildman–Crippen LogP) is 2.79. The number of amides is 1. The molecule has 7 nitrogen and oxygen atoms in total. The van der Waals surface area contributed by atoms with Gasteiger partial charge in [0.05, 0.1) is 5.92 Å². The van der Waals surface area contributed by atoms with Crippen LogP contribution in [0.2, 0.25) is 0 Å². The number of aromatic nitrogens is 3. The molecule has 0 saturated heterocycles. The number of nitrogens with one attached hydrogen (secondary N) is 2. The lowest BCUT2D eigenvalue weighted by atomic mass is 10.0. The molecule has 2 fully saturated rings. The smallest absolute Gasteiger partial charge is 0.306 e. The second-order valence-electron chi connectivity index (χ2n) is 6.93. The summed E-state index contributed by atoms with van der Waals surface area (Å²) in [4.78, 5) is 28.0. The number of carbonyl (C=O) groups excluding carboxylic acids is 1. The first-order valence-corrected chi connectivity index (χ1v) is 8.66. The Labute approximate surface area is 144 Å². The molecule has 2 atom stereocenters. The number of hydrogen-bond acceptors (Lipinski definition) is 4. The van der Waals surface area contributed by atoms with Crippen molar-refractivity contribution in [3.05, 3.63) is 30.1 Å². The third kappa shape index (κ3) is 3.40. The van der Waals surface area contributed by atoms with Crippen LogP contribution in [0.15, 0.2) is 24.3 Å². The Morgan fingerprint density at radius 1 is 1.16 bits per heavy atom. The number of anilines is 1. The largest absolute Gasteiger partial charge is 0.481 e. The molecule has 0 bridgehead atoms. The van der Waals surface area contributed by atoms with E-state index in [1.54, 1.807) is 0 Å². The van der Waals surface area contributed by atoms with Gasteiger partial charge in [0.15, 0.2) is 5.82 Å². The van der Waals surface area contributed by atoms with Crippen LogP contribution in [0.1, 0.15) is 43.8 Å². The molecule has 0 aliphatic heterocycles. The molecule has 2 aliphatic carbocycles. The first-order valence-electron chi connectivity index (χ1n) is 8.66. The molecule has 3 N–H and O–H groups in total. The average molecular weight is 340 g/mol. The minimum atomic E-state index is -0.812. The monoisotopic (exact) mass is 340 g/mol. The summed E-state index contributed by atoms with van der Waals surface area (Å²) in [6, 6.07) is 7.43. The van der Waals surface area contributed by atoms with Crippen molar-refractivity contribution in [2.75, 3.05) is 5.32 Å². The summed E-state index contributed by atoms with van der Waals surface area (Å²) in [5, 5.41) is 19.2. The summed E-state index contributed by atoms with van der Waals surface area (Å²) >= 11 is 0. The van der Waals surface area contributed by atoms with E-state index in [9.17, 15) is 9.59 Å². The third-order valence-electron chi connectivity index (χ3n) is 5.01. The van der Waals surface area contributed by atoms with Gasteiger partial charge in [-0.15, -0.1) is 0 Å². The zero-order valence-corrected chi connectivity index (χ0v) is 13.7. The zero-order valence-electron chi connectivity index (χ0n) is 13.7. The maximum atomic E-state index is 12.4. The second kappa shape index (κ2) is 6.31. The molecule has 0 radical (unpaired) electrons. The highest BCUT2D eigenvalue weighted by molar-refractivity contribution is 5.93. The number of nitrogens with zero attached hydrogens (tertiary/aromatic N) is 2. The summed E-state index contributed by atoms with van der Waals surface area (Å²) in [7, 11) is 0. The van der Waals surface area contributed by atoms with Crippen molar-refractivity contribution in [1.82, 2.24) is 15.2 Å². The molecule has 2 aliphatic rings. The molecule has 1 aromatic heterocycles. The number of carbonyl (C=O) groups is 2. The molecule has 25 heavy (non-hydrogen) atoms. The van der Waals surface area contributed by atoms with Crippen LogP contribution in [0.5, 0.6) is 0 Å². The van der Waals surface area contributed by atoms with E-state index in [4.69, 9.17) is 5.11 Å². The molecule has 7 heteroatoms. The lowest BCUT2D eigenvalue weighted by Crippen LogP contribution is -2.21. The Morgan fingerprint density at radius 2 is 1.96 bits per heavy atom. The number of H-pyrrole nitrogens is 1. The van der Waals surface area contributed by atoms with Crippen molar-refractivity contribution < 1.29 is 14.7 Å². The molecular weight excluding hydrogens is 320 g/mol. The van der Waals surface area contributed by atoms with Crippen molar-refractivity contribution in [3.63, 3.8) is 0 Å². The summed E-state index contributed by atoms with van der Waals surface area (Å²) in [5.41, 5.74) is 1.52. The fourth-order valence-electron chi connectivity index (χ4n) is 3.37. The van der Waals surface area contributed by atoms with Gasteiger partial charge in [-0.25, -0.2) is 4.98 Å². The Morgan fingerprint density at radius 3 is 2.68 bits per heavy atom. The van der Waals surface area contributed by atoms with E-state index in [0.29, 0.717) is 36.7 Å². The normalized spacial score (nSPS) is 22.7. The standard InChI is InChI=1S/C18H20N4O3/c23-17(12-6-7-13(8-12)18(24)25)19-14-3-1-2-11(9-14)16-20-15(21-22-16)10-4-5-10/h1-3,9-10,12-13H,4-8H2,(H,19,23)(H,24,25)(H,20,21,22)/t12-,13+/m0/s1. The van der Waals surface area contributed by atoms with Gasteiger partial charge < -0.3 is 10.4 Å². The van der Waals surface area contributed by atoms with E-state index >= 15 is 0 Å². The van der Waals surface area contributed by atoms with Gasteiger partial charge in [-0.3, -0.25) is 14.7 Å². The number of carboxylic acid groups (broad SMARTS) is 1. The number of rotatable bonds is 5. The lowest BCUT2D eigenvalue weighted by Gasteiger charge is -2.11. The Kier molecular flexibility index (Phi) is 3.99. The third-order valence-corrected chi connectivity index (χ3v) is 5.01. The van der Waals surface area contributed by atoms with Gasteiger partial charge in [0, 0.05) is 23.1 Å². The van der Waals surface area contributed by atoms with Crippen LogP contribution in [0.25, 0.3) is 11.4 Å². The Balaban J connectivity index is 1.44. The minimum absolute atomic E-state index is 0.116. The van der Waals surface area contributed by atoms with Gasteiger partial charge in [0.2, 0.25) is 5.91 Å². The molecular formula is C18H20N4O3. The van der Waals surface area contributed by atoms with Crippen molar-refractivity contribution >= 4 is 17.6 Å². The Bertz CT molecular complexity index is 812. The molecule has 130 valence electrons. The Hall–Kier alpha value is -2.70. The first-order chi connectivity index (χ1) is 12.1.